The van der Waals surface area contributed by atoms with Crippen LogP contribution in [0.5, 0.6) is 0 Å². The van der Waals surface area contributed by atoms with Crippen molar-refractivity contribution in [1.82, 2.24) is 5.23 Å². The Hall–Kier alpha value is -0.585. The van der Waals surface area contributed by atoms with Crippen LogP contribution in [0.1, 0.15) is 33.6 Å². The van der Waals surface area contributed by atoms with Gasteiger partial charge in [-0.05, 0) is 33.5 Å². The van der Waals surface area contributed by atoms with Crippen molar-refractivity contribution in [3.63, 3.8) is 0 Å². The van der Waals surface area contributed by atoms with Crippen LogP contribution in [0.15, 0.2) is 0 Å². The molecule has 0 aromatic heterocycles. The number of ether oxygens (including phenoxy) is 2. The third-order valence-electron chi connectivity index (χ3n) is 2.60. The standard InChI is InChI=1S/C12H24BNO4/c1-12(2,3)17-11(15)9-10-5-6-13(18-10)14-7-8-16-4/h10,14H,5-9H2,1-4H3/t10-/m0/s1. The van der Waals surface area contributed by atoms with Gasteiger partial charge in [-0.1, -0.05) is 0 Å². The maximum atomic E-state index is 11.6. The fourth-order valence-corrected chi connectivity index (χ4v) is 1.90. The normalized spacial score (nSPS) is 20.2. The van der Waals surface area contributed by atoms with E-state index in [1.54, 1.807) is 7.11 Å². The molecule has 0 amide bonds. The molecule has 1 heterocycles. The van der Waals surface area contributed by atoms with Gasteiger partial charge in [0.1, 0.15) is 5.60 Å². The minimum absolute atomic E-state index is 0.0279. The second-order valence-corrected chi connectivity index (χ2v) is 5.56. The van der Waals surface area contributed by atoms with E-state index < -0.39 is 5.60 Å². The number of carbonyl (C=O) groups excluding carboxylic acids is 1. The third-order valence-corrected chi connectivity index (χ3v) is 2.60. The number of nitrogens with one attached hydrogen (secondary N) is 1. The minimum Gasteiger partial charge on any atom is -0.460 e. The molecule has 1 N–H and O–H groups in total. The van der Waals surface area contributed by atoms with Gasteiger partial charge in [0.15, 0.2) is 0 Å². The van der Waals surface area contributed by atoms with E-state index in [9.17, 15) is 4.79 Å². The van der Waals surface area contributed by atoms with Gasteiger partial charge in [-0.25, -0.2) is 0 Å². The molecule has 0 spiro atoms. The number of hydrogen-bond donors (Lipinski definition) is 1. The first kappa shape index (κ1) is 15.5. The summed E-state index contributed by atoms with van der Waals surface area (Å²) in [6.07, 6.45) is 2.13. The van der Waals surface area contributed by atoms with E-state index in [-0.39, 0.29) is 19.1 Å². The monoisotopic (exact) mass is 257 g/mol. The van der Waals surface area contributed by atoms with Gasteiger partial charge in [0.05, 0.1) is 19.1 Å². The van der Waals surface area contributed by atoms with Gasteiger partial charge in [0, 0.05) is 13.7 Å². The molecular formula is C12H24BNO4. The number of esters is 1. The third kappa shape index (κ3) is 6.38. The van der Waals surface area contributed by atoms with Gasteiger partial charge < -0.3 is 19.4 Å². The summed E-state index contributed by atoms with van der Waals surface area (Å²) in [4.78, 5) is 11.6. The Kier molecular flexibility index (Phi) is 6.12. The highest BCUT2D eigenvalue weighted by Gasteiger charge is 2.31. The van der Waals surface area contributed by atoms with Gasteiger partial charge in [-0.3, -0.25) is 4.79 Å². The molecule has 0 aliphatic carbocycles. The summed E-state index contributed by atoms with van der Waals surface area (Å²) in [6, 6.07) is 0. The van der Waals surface area contributed by atoms with Crippen LogP contribution in [-0.2, 0) is 18.9 Å². The quantitative estimate of drug-likeness (QED) is 0.440. The highest BCUT2D eigenvalue weighted by atomic mass is 16.6. The van der Waals surface area contributed by atoms with Crippen molar-refractivity contribution < 1.29 is 18.9 Å². The highest BCUT2D eigenvalue weighted by molar-refractivity contribution is 6.49. The molecule has 0 aromatic carbocycles. The van der Waals surface area contributed by atoms with E-state index in [0.717, 1.165) is 19.3 Å². The summed E-state index contributed by atoms with van der Waals surface area (Å²) >= 11 is 0. The van der Waals surface area contributed by atoms with Crippen LogP contribution >= 0.6 is 0 Å². The molecule has 0 radical (unpaired) electrons. The molecule has 1 aliphatic rings. The van der Waals surface area contributed by atoms with Crippen molar-refractivity contribution in [1.29, 1.82) is 0 Å². The van der Waals surface area contributed by atoms with Crippen molar-refractivity contribution in [3.05, 3.63) is 0 Å². The molecular weight excluding hydrogens is 233 g/mol. The Morgan fingerprint density at radius 2 is 2.22 bits per heavy atom. The van der Waals surface area contributed by atoms with E-state index in [0.29, 0.717) is 13.0 Å². The maximum Gasteiger partial charge on any atom is 0.380 e. The molecule has 1 saturated heterocycles. The van der Waals surface area contributed by atoms with Gasteiger partial charge in [0.2, 0.25) is 0 Å². The molecule has 1 rings (SSSR count). The van der Waals surface area contributed by atoms with Gasteiger partial charge in [-0.15, -0.1) is 0 Å². The molecule has 1 fully saturated rings. The summed E-state index contributed by atoms with van der Waals surface area (Å²) in [5, 5.41) is 3.23. The Labute approximate surface area is 110 Å². The summed E-state index contributed by atoms with van der Waals surface area (Å²) in [5.74, 6) is -0.190. The molecule has 18 heavy (non-hydrogen) atoms. The zero-order valence-corrected chi connectivity index (χ0v) is 11.8. The summed E-state index contributed by atoms with van der Waals surface area (Å²) < 4.78 is 16.0. The summed E-state index contributed by atoms with van der Waals surface area (Å²) in [6.45, 7) is 7.04. The molecule has 0 saturated carbocycles. The summed E-state index contributed by atoms with van der Waals surface area (Å²) in [5.41, 5.74) is -0.425. The largest absolute Gasteiger partial charge is 0.460 e. The second kappa shape index (κ2) is 7.11. The lowest BCUT2D eigenvalue weighted by molar-refractivity contribution is -0.156. The Morgan fingerprint density at radius 3 is 2.83 bits per heavy atom. The Bertz CT molecular complexity index is 267. The lowest BCUT2D eigenvalue weighted by atomic mass is 9.80. The predicted octanol–water partition coefficient (Wildman–Crippen LogP) is 1.23. The molecule has 6 heteroatoms. The number of hydrogen-bond acceptors (Lipinski definition) is 5. The predicted molar refractivity (Wildman–Crippen MR) is 70.4 cm³/mol. The zero-order chi connectivity index (χ0) is 13.6. The van der Waals surface area contributed by atoms with Crippen molar-refractivity contribution in [2.75, 3.05) is 20.3 Å². The average molecular weight is 257 g/mol. The smallest absolute Gasteiger partial charge is 0.380 e. The van der Waals surface area contributed by atoms with E-state index >= 15 is 0 Å². The highest BCUT2D eigenvalue weighted by Crippen LogP contribution is 2.20. The first-order valence-electron chi connectivity index (χ1n) is 6.50. The first-order valence-corrected chi connectivity index (χ1v) is 6.50. The number of methoxy groups -OCH3 is 1. The summed E-state index contributed by atoms with van der Waals surface area (Å²) in [7, 11) is 1.70. The first-order chi connectivity index (χ1) is 8.40. The Balaban J connectivity index is 2.19. The van der Waals surface area contributed by atoms with E-state index in [1.807, 2.05) is 20.8 Å². The Morgan fingerprint density at radius 1 is 1.50 bits per heavy atom. The van der Waals surface area contributed by atoms with Crippen LogP contribution in [0.4, 0.5) is 0 Å². The van der Waals surface area contributed by atoms with Crippen LogP contribution in [0.3, 0.4) is 0 Å². The average Bonchev–Trinajstić information content (AvgIpc) is 2.63. The van der Waals surface area contributed by atoms with Crippen LogP contribution in [0, 0.1) is 0 Å². The topological polar surface area (TPSA) is 56.8 Å². The van der Waals surface area contributed by atoms with Crippen LogP contribution in [0.25, 0.3) is 0 Å². The van der Waals surface area contributed by atoms with Crippen molar-refractivity contribution in [2.45, 2.75) is 51.6 Å². The second-order valence-electron chi connectivity index (χ2n) is 5.56. The molecule has 0 aromatic rings. The van der Waals surface area contributed by atoms with Gasteiger partial charge in [0.25, 0.3) is 0 Å². The van der Waals surface area contributed by atoms with Gasteiger partial charge >= 0.3 is 13.0 Å². The molecule has 1 atom stereocenters. The SMILES string of the molecule is COCCNB1CC[C@@H](CC(=O)OC(C)(C)C)O1. The molecule has 5 nitrogen and oxygen atoms in total. The zero-order valence-electron chi connectivity index (χ0n) is 11.8. The van der Waals surface area contributed by atoms with E-state index in [4.69, 9.17) is 14.1 Å². The van der Waals surface area contributed by atoms with Crippen LogP contribution < -0.4 is 5.23 Å². The maximum absolute atomic E-state index is 11.6. The van der Waals surface area contributed by atoms with Crippen molar-refractivity contribution in [2.24, 2.45) is 0 Å². The van der Waals surface area contributed by atoms with Crippen molar-refractivity contribution >= 4 is 13.0 Å². The fraction of sp³-hybridized carbons (Fsp3) is 0.917. The molecule has 1 aliphatic heterocycles. The van der Waals surface area contributed by atoms with E-state index in [2.05, 4.69) is 5.23 Å². The molecule has 0 unspecified atom stereocenters. The van der Waals surface area contributed by atoms with Crippen LogP contribution in [-0.4, -0.2) is 45.0 Å². The molecule has 0 bridgehead atoms. The molecule has 104 valence electrons. The lowest BCUT2D eigenvalue weighted by Gasteiger charge is -2.21. The van der Waals surface area contributed by atoms with Gasteiger partial charge in [-0.2, -0.15) is 0 Å². The van der Waals surface area contributed by atoms with Crippen molar-refractivity contribution in [3.8, 4) is 0 Å². The number of carbonyl (C=O) groups is 1. The number of rotatable bonds is 6. The van der Waals surface area contributed by atoms with E-state index in [1.165, 1.54) is 0 Å². The minimum atomic E-state index is -0.425. The fourth-order valence-electron chi connectivity index (χ4n) is 1.90. The lowest BCUT2D eigenvalue weighted by Crippen LogP contribution is -2.37. The van der Waals surface area contributed by atoms with Crippen LogP contribution in [0.2, 0.25) is 6.32 Å².